The van der Waals surface area contributed by atoms with Crippen molar-refractivity contribution in [2.75, 3.05) is 6.54 Å². The normalized spacial score (nSPS) is 17.6. The van der Waals surface area contributed by atoms with Gasteiger partial charge in [-0.2, -0.15) is 5.10 Å². The van der Waals surface area contributed by atoms with Gasteiger partial charge in [-0.25, -0.2) is 13.9 Å². The zero-order valence-electron chi connectivity index (χ0n) is 20.3. The number of carbonyl (C=O) groups excluding carboxylic acids is 1. The first-order valence-electron chi connectivity index (χ1n) is 12.1. The number of H-pyrrole nitrogens is 2. The summed E-state index contributed by atoms with van der Waals surface area (Å²) in [7, 11) is 0. The van der Waals surface area contributed by atoms with Gasteiger partial charge in [0.25, 0.3) is 5.91 Å². The van der Waals surface area contributed by atoms with Crippen LogP contribution in [0, 0.1) is 5.82 Å². The second-order valence-corrected chi connectivity index (χ2v) is 10.1. The van der Waals surface area contributed by atoms with Crippen LogP contribution in [0.25, 0.3) is 27.8 Å². The van der Waals surface area contributed by atoms with Crippen LogP contribution < -0.4 is 5.69 Å². The van der Waals surface area contributed by atoms with Crippen LogP contribution in [0.5, 0.6) is 0 Å². The minimum atomic E-state index is -0.718. The molecule has 1 fully saturated rings. The molecule has 1 saturated heterocycles. The van der Waals surface area contributed by atoms with Crippen LogP contribution in [-0.4, -0.2) is 43.2 Å². The fourth-order valence-corrected chi connectivity index (χ4v) is 5.01. The van der Waals surface area contributed by atoms with E-state index in [0.717, 1.165) is 32.4 Å². The summed E-state index contributed by atoms with van der Waals surface area (Å²) in [5.41, 5.74) is 5.07. The molecule has 10 heteroatoms. The van der Waals surface area contributed by atoms with Crippen molar-refractivity contribution in [1.29, 1.82) is 0 Å². The van der Waals surface area contributed by atoms with E-state index in [0.29, 0.717) is 24.2 Å². The molecule has 0 radical (unpaired) electrons. The average Bonchev–Trinajstić information content (AvgIpc) is 3.58. The van der Waals surface area contributed by atoms with E-state index in [1.165, 1.54) is 12.1 Å². The topological polar surface area (TPSA) is 96.0 Å². The van der Waals surface area contributed by atoms with Gasteiger partial charge < -0.3 is 19.6 Å². The highest BCUT2D eigenvalue weighted by Gasteiger charge is 2.41. The number of fused-ring (bicyclic) bond motifs is 1. The zero-order valence-corrected chi connectivity index (χ0v) is 21.9. The maximum Gasteiger partial charge on any atom is 0.323 e. The average molecular weight is 576 g/mol. The number of hydrogen-bond donors (Lipinski definition) is 2. The monoisotopic (exact) mass is 575 g/mol. The van der Waals surface area contributed by atoms with E-state index >= 15 is 0 Å². The minimum Gasteiger partial charge on any atom is -0.339 e. The Bertz CT molecular complexity index is 1690. The number of rotatable bonds is 6. The van der Waals surface area contributed by atoms with Gasteiger partial charge in [0, 0.05) is 22.8 Å². The van der Waals surface area contributed by atoms with Crippen molar-refractivity contribution in [3.05, 3.63) is 105 Å². The SMILES string of the molecule is C[C@@H]1O[C@H](c2nn(-c3ccc(Br)cc3)cc2-c2ccc(F)cc2)N(CCc2ccc3[nH]c(=O)[nH]c3c2)C1=O. The van der Waals surface area contributed by atoms with Gasteiger partial charge in [-0.05, 0) is 73.0 Å². The summed E-state index contributed by atoms with van der Waals surface area (Å²) in [5, 5.41) is 4.85. The Hall–Kier alpha value is -4.02. The first kappa shape index (κ1) is 24.3. The number of benzene rings is 3. The van der Waals surface area contributed by atoms with Gasteiger partial charge in [0.15, 0.2) is 6.23 Å². The Kier molecular flexibility index (Phi) is 6.21. The predicted molar refractivity (Wildman–Crippen MR) is 144 cm³/mol. The molecule has 2 atom stereocenters. The summed E-state index contributed by atoms with van der Waals surface area (Å²) < 4.78 is 22.6. The predicted octanol–water partition coefficient (Wildman–Crippen LogP) is 5.10. The molecule has 8 nitrogen and oxygen atoms in total. The quantitative estimate of drug-likeness (QED) is 0.294. The van der Waals surface area contributed by atoms with Crippen LogP contribution in [-0.2, 0) is 16.0 Å². The molecular weight excluding hydrogens is 553 g/mol. The molecule has 0 bridgehead atoms. The van der Waals surface area contributed by atoms with Crippen molar-refractivity contribution in [3.8, 4) is 16.8 Å². The molecule has 1 aliphatic heterocycles. The van der Waals surface area contributed by atoms with Crippen molar-refractivity contribution in [2.24, 2.45) is 0 Å². The number of halogens is 2. The number of ether oxygens (including phenoxy) is 1. The second-order valence-electron chi connectivity index (χ2n) is 9.23. The highest BCUT2D eigenvalue weighted by Crippen LogP contribution is 2.37. The molecule has 2 aromatic heterocycles. The van der Waals surface area contributed by atoms with Crippen LogP contribution in [0.3, 0.4) is 0 Å². The molecule has 0 unspecified atom stereocenters. The summed E-state index contributed by atoms with van der Waals surface area (Å²) in [4.78, 5) is 32.0. The van der Waals surface area contributed by atoms with Gasteiger partial charge in [0.05, 0.1) is 16.7 Å². The number of hydrogen-bond acceptors (Lipinski definition) is 4. The molecule has 1 amide bonds. The molecule has 0 aliphatic carbocycles. The molecule has 3 aromatic carbocycles. The molecule has 0 spiro atoms. The third-order valence-corrected chi connectivity index (χ3v) is 7.22. The fourth-order valence-electron chi connectivity index (χ4n) is 4.75. The standard InChI is InChI=1S/C28H23BrFN5O3/c1-16-26(36)34(13-12-17-2-11-23-24(14-17)32-28(37)31-23)27(38-16)25-22(18-3-7-20(30)8-4-18)15-35(33-25)21-9-5-19(29)6-10-21/h2-11,14-16,27H,12-13H2,1H3,(H2,31,32,37)/t16-,27+/m0/s1. The molecule has 192 valence electrons. The third kappa shape index (κ3) is 4.57. The van der Waals surface area contributed by atoms with Crippen molar-refractivity contribution < 1.29 is 13.9 Å². The summed E-state index contributed by atoms with van der Waals surface area (Å²) in [6.45, 7) is 2.12. The van der Waals surface area contributed by atoms with Crippen molar-refractivity contribution in [3.63, 3.8) is 0 Å². The third-order valence-electron chi connectivity index (χ3n) is 6.69. The van der Waals surface area contributed by atoms with Gasteiger partial charge in [-0.1, -0.05) is 34.1 Å². The Morgan fingerprint density at radius 1 is 1.00 bits per heavy atom. The van der Waals surface area contributed by atoms with Crippen LogP contribution >= 0.6 is 15.9 Å². The van der Waals surface area contributed by atoms with E-state index < -0.39 is 12.3 Å². The lowest BCUT2D eigenvalue weighted by atomic mass is 10.1. The van der Waals surface area contributed by atoms with Crippen molar-refractivity contribution >= 4 is 32.9 Å². The maximum atomic E-state index is 13.7. The maximum absolute atomic E-state index is 13.7. The molecule has 5 aromatic rings. The van der Waals surface area contributed by atoms with Crippen LogP contribution in [0.4, 0.5) is 4.39 Å². The van der Waals surface area contributed by atoms with Gasteiger partial charge in [-0.15, -0.1) is 0 Å². The Morgan fingerprint density at radius 2 is 1.74 bits per heavy atom. The van der Waals surface area contributed by atoms with E-state index in [2.05, 4.69) is 25.9 Å². The number of nitrogens with one attached hydrogen (secondary N) is 2. The van der Waals surface area contributed by atoms with E-state index in [4.69, 9.17) is 9.84 Å². The smallest absolute Gasteiger partial charge is 0.323 e. The summed E-state index contributed by atoms with van der Waals surface area (Å²) >= 11 is 3.46. The highest BCUT2D eigenvalue weighted by atomic mass is 79.9. The van der Waals surface area contributed by atoms with Gasteiger partial charge in [-0.3, -0.25) is 4.79 Å². The minimum absolute atomic E-state index is 0.130. The zero-order chi connectivity index (χ0) is 26.4. The lowest BCUT2D eigenvalue weighted by Gasteiger charge is -2.23. The number of carbonyl (C=O) groups is 1. The van der Waals surface area contributed by atoms with Crippen LogP contribution in [0.15, 0.2) is 82.2 Å². The molecule has 0 saturated carbocycles. The van der Waals surface area contributed by atoms with Crippen LogP contribution in [0.2, 0.25) is 0 Å². The van der Waals surface area contributed by atoms with Gasteiger partial charge in [0.1, 0.15) is 17.6 Å². The van der Waals surface area contributed by atoms with Crippen molar-refractivity contribution in [2.45, 2.75) is 25.7 Å². The second kappa shape index (κ2) is 9.70. The van der Waals surface area contributed by atoms with E-state index in [-0.39, 0.29) is 17.4 Å². The Morgan fingerprint density at radius 3 is 2.50 bits per heavy atom. The summed E-state index contributed by atoms with van der Waals surface area (Å²) in [6.07, 6.45) is 1.07. The lowest BCUT2D eigenvalue weighted by molar-refractivity contribution is -0.130. The lowest BCUT2D eigenvalue weighted by Crippen LogP contribution is -2.32. The summed E-state index contributed by atoms with van der Waals surface area (Å²) in [5.74, 6) is -0.465. The first-order valence-corrected chi connectivity index (χ1v) is 12.9. The number of aromatic nitrogens is 4. The number of aromatic amines is 2. The van der Waals surface area contributed by atoms with Gasteiger partial charge in [0.2, 0.25) is 0 Å². The Balaban J connectivity index is 1.36. The van der Waals surface area contributed by atoms with Gasteiger partial charge >= 0.3 is 5.69 Å². The molecule has 1 aliphatic rings. The van der Waals surface area contributed by atoms with E-state index in [9.17, 15) is 14.0 Å². The molecule has 3 heterocycles. The van der Waals surface area contributed by atoms with E-state index in [1.54, 1.807) is 28.6 Å². The fraction of sp³-hybridized carbons (Fsp3) is 0.179. The molecular formula is C28H23BrFN5O3. The molecule has 2 N–H and O–H groups in total. The molecule has 6 rings (SSSR count). The largest absolute Gasteiger partial charge is 0.339 e. The first-order chi connectivity index (χ1) is 18.4. The number of amides is 1. The summed E-state index contributed by atoms with van der Waals surface area (Å²) in [6, 6.07) is 19.6. The highest BCUT2D eigenvalue weighted by molar-refractivity contribution is 9.10. The van der Waals surface area contributed by atoms with Crippen LogP contribution in [0.1, 0.15) is 24.4 Å². The Labute approximate surface area is 225 Å². The molecule has 38 heavy (non-hydrogen) atoms. The van der Waals surface area contributed by atoms with Crippen molar-refractivity contribution in [1.82, 2.24) is 24.6 Å². The number of imidazole rings is 1. The van der Waals surface area contributed by atoms with E-state index in [1.807, 2.05) is 48.7 Å². The number of nitrogens with zero attached hydrogens (tertiary/aromatic N) is 3.